The lowest BCUT2D eigenvalue weighted by molar-refractivity contribution is 0.0495. The Balaban J connectivity index is 1.72. The molecule has 6 nitrogen and oxygen atoms in total. The number of rotatable bonds is 6. The van der Waals surface area contributed by atoms with Crippen LogP contribution in [0.1, 0.15) is 39.1 Å². The van der Waals surface area contributed by atoms with E-state index < -0.39 is 11.7 Å². The minimum absolute atomic E-state index is 0.351. The topological polar surface area (TPSA) is 76.2 Å². The maximum Gasteiger partial charge on any atom is 0.408 e. The van der Waals surface area contributed by atoms with Crippen molar-refractivity contribution in [3.8, 4) is 5.75 Å². The number of fused-ring (bicyclic) bond motifs is 1. The fourth-order valence-corrected chi connectivity index (χ4v) is 2.68. The number of benzene rings is 2. The Kier molecular flexibility index (Phi) is 5.64. The van der Waals surface area contributed by atoms with Crippen LogP contribution in [0.3, 0.4) is 0 Å². The van der Waals surface area contributed by atoms with Gasteiger partial charge in [0.25, 0.3) is 0 Å². The van der Waals surface area contributed by atoms with Crippen molar-refractivity contribution in [2.75, 3.05) is 6.61 Å². The molecule has 0 fully saturated rings. The van der Waals surface area contributed by atoms with Crippen LogP contribution in [0, 0.1) is 0 Å². The smallest absolute Gasteiger partial charge is 0.408 e. The summed E-state index contributed by atoms with van der Waals surface area (Å²) in [6.07, 6.45) is 0.0706. The largest absolute Gasteiger partial charge is 0.494 e. The molecule has 0 saturated carbocycles. The van der Waals surface area contributed by atoms with Crippen LogP contribution >= 0.6 is 0 Å². The predicted octanol–water partition coefficient (Wildman–Crippen LogP) is 4.60. The number of para-hydroxylation sites is 3. The number of aromatic amines is 1. The molecule has 142 valence electrons. The van der Waals surface area contributed by atoms with Gasteiger partial charge in [0.1, 0.15) is 17.2 Å². The highest BCUT2D eigenvalue weighted by Gasteiger charge is 2.22. The van der Waals surface area contributed by atoms with Gasteiger partial charge in [-0.25, -0.2) is 9.78 Å². The number of hydrogen-bond donors (Lipinski definition) is 2. The summed E-state index contributed by atoms with van der Waals surface area (Å²) in [6, 6.07) is 17.0. The first-order chi connectivity index (χ1) is 12.9. The van der Waals surface area contributed by atoms with Crippen molar-refractivity contribution < 1.29 is 14.3 Å². The Morgan fingerprint density at radius 1 is 1.11 bits per heavy atom. The van der Waals surface area contributed by atoms with Crippen molar-refractivity contribution in [1.29, 1.82) is 0 Å². The first kappa shape index (κ1) is 18.8. The molecule has 1 amide bonds. The van der Waals surface area contributed by atoms with Gasteiger partial charge in [-0.3, -0.25) is 0 Å². The second kappa shape index (κ2) is 8.12. The lowest BCUT2D eigenvalue weighted by Crippen LogP contribution is -2.36. The molecule has 1 atom stereocenters. The molecule has 2 aromatic carbocycles. The normalized spacial score (nSPS) is 12.6. The predicted molar refractivity (Wildman–Crippen MR) is 105 cm³/mol. The highest BCUT2D eigenvalue weighted by Crippen LogP contribution is 2.20. The Bertz CT molecular complexity index is 851. The van der Waals surface area contributed by atoms with E-state index in [-0.39, 0.29) is 6.04 Å². The minimum atomic E-state index is -0.566. The molecule has 6 heteroatoms. The molecule has 0 spiro atoms. The zero-order valence-corrected chi connectivity index (χ0v) is 15.9. The Labute approximate surface area is 158 Å². The molecule has 1 heterocycles. The van der Waals surface area contributed by atoms with Crippen LogP contribution in [0.25, 0.3) is 11.0 Å². The fourth-order valence-electron chi connectivity index (χ4n) is 2.68. The third kappa shape index (κ3) is 5.48. The van der Waals surface area contributed by atoms with E-state index in [9.17, 15) is 4.79 Å². The molecule has 3 aromatic rings. The summed E-state index contributed by atoms with van der Waals surface area (Å²) in [5.41, 5.74) is 1.21. The average Bonchev–Trinajstić information content (AvgIpc) is 3.04. The monoisotopic (exact) mass is 367 g/mol. The summed E-state index contributed by atoms with van der Waals surface area (Å²) >= 11 is 0. The molecular formula is C21H25N3O3. The third-order valence-corrected chi connectivity index (χ3v) is 3.85. The lowest BCUT2D eigenvalue weighted by atomic mass is 10.2. The molecule has 0 saturated heterocycles. The summed E-state index contributed by atoms with van der Waals surface area (Å²) in [4.78, 5) is 20.2. The Hall–Kier alpha value is -3.02. The van der Waals surface area contributed by atoms with E-state index in [1.807, 2.05) is 75.4 Å². The van der Waals surface area contributed by atoms with E-state index in [2.05, 4.69) is 15.3 Å². The van der Waals surface area contributed by atoms with Gasteiger partial charge in [0.05, 0.1) is 23.7 Å². The van der Waals surface area contributed by atoms with E-state index in [1.165, 1.54) is 0 Å². The maximum atomic E-state index is 12.3. The van der Waals surface area contributed by atoms with Gasteiger partial charge >= 0.3 is 6.09 Å². The van der Waals surface area contributed by atoms with Crippen LogP contribution in [-0.2, 0) is 4.74 Å². The van der Waals surface area contributed by atoms with Gasteiger partial charge in [-0.15, -0.1) is 0 Å². The van der Waals surface area contributed by atoms with Crippen molar-refractivity contribution in [2.24, 2.45) is 0 Å². The molecule has 2 N–H and O–H groups in total. The number of H-pyrrole nitrogens is 1. The molecule has 0 aliphatic rings. The van der Waals surface area contributed by atoms with Crippen LogP contribution < -0.4 is 10.1 Å². The molecule has 1 aromatic heterocycles. The molecule has 0 radical (unpaired) electrons. The number of nitrogens with zero attached hydrogens (tertiary/aromatic N) is 1. The number of nitrogens with one attached hydrogen (secondary N) is 2. The zero-order valence-electron chi connectivity index (χ0n) is 15.9. The second-order valence-corrected chi connectivity index (χ2v) is 7.29. The van der Waals surface area contributed by atoms with Gasteiger partial charge in [-0.2, -0.15) is 0 Å². The minimum Gasteiger partial charge on any atom is -0.494 e. The standard InChI is InChI=1S/C21H25N3O3/c1-21(2,3)27-20(25)24-18(13-14-26-15-9-5-4-6-10-15)19-22-16-11-7-8-12-17(16)23-19/h4-12,18H,13-14H2,1-3H3,(H,22,23)(H,24,25). The summed E-state index contributed by atoms with van der Waals surface area (Å²) in [5, 5.41) is 2.90. The van der Waals surface area contributed by atoms with Gasteiger partial charge in [-0.05, 0) is 45.0 Å². The third-order valence-electron chi connectivity index (χ3n) is 3.85. The molecule has 3 rings (SSSR count). The highest BCUT2D eigenvalue weighted by atomic mass is 16.6. The van der Waals surface area contributed by atoms with Gasteiger partial charge in [0.15, 0.2) is 0 Å². The van der Waals surface area contributed by atoms with Crippen molar-refractivity contribution in [1.82, 2.24) is 15.3 Å². The number of carbonyl (C=O) groups is 1. The van der Waals surface area contributed by atoms with Crippen LogP contribution in [0.15, 0.2) is 54.6 Å². The van der Waals surface area contributed by atoms with E-state index in [0.717, 1.165) is 16.8 Å². The SMILES string of the molecule is CC(C)(C)OC(=O)NC(CCOc1ccccc1)c1nc2ccccc2[nH]1. The molecule has 0 aliphatic heterocycles. The number of hydrogen-bond acceptors (Lipinski definition) is 4. The lowest BCUT2D eigenvalue weighted by Gasteiger charge is -2.23. The van der Waals surface area contributed by atoms with Gasteiger partial charge < -0.3 is 19.8 Å². The number of aromatic nitrogens is 2. The Morgan fingerprint density at radius 3 is 2.52 bits per heavy atom. The molecule has 0 bridgehead atoms. The fraction of sp³-hybridized carbons (Fsp3) is 0.333. The molecule has 27 heavy (non-hydrogen) atoms. The van der Waals surface area contributed by atoms with Gasteiger partial charge in [0.2, 0.25) is 0 Å². The Morgan fingerprint density at radius 2 is 1.81 bits per heavy atom. The summed E-state index contributed by atoms with van der Waals surface area (Å²) in [6.45, 7) is 5.94. The number of imidazole rings is 1. The highest BCUT2D eigenvalue weighted by molar-refractivity contribution is 5.75. The maximum absolute atomic E-state index is 12.3. The average molecular weight is 367 g/mol. The molecule has 0 aliphatic carbocycles. The first-order valence-corrected chi connectivity index (χ1v) is 9.03. The van der Waals surface area contributed by atoms with Gasteiger partial charge in [0, 0.05) is 6.42 Å². The van der Waals surface area contributed by atoms with E-state index in [1.54, 1.807) is 0 Å². The van der Waals surface area contributed by atoms with Crippen molar-refractivity contribution in [3.05, 3.63) is 60.4 Å². The van der Waals surface area contributed by atoms with Gasteiger partial charge in [-0.1, -0.05) is 30.3 Å². The van der Waals surface area contributed by atoms with Crippen LogP contribution in [0.4, 0.5) is 4.79 Å². The first-order valence-electron chi connectivity index (χ1n) is 9.03. The second-order valence-electron chi connectivity index (χ2n) is 7.29. The van der Waals surface area contributed by atoms with E-state index in [0.29, 0.717) is 18.9 Å². The summed E-state index contributed by atoms with van der Waals surface area (Å²) in [5.74, 6) is 1.47. The van der Waals surface area contributed by atoms with Crippen LogP contribution in [0.5, 0.6) is 5.75 Å². The quantitative estimate of drug-likeness (QED) is 0.668. The number of amides is 1. The summed E-state index contributed by atoms with van der Waals surface area (Å²) < 4.78 is 11.2. The van der Waals surface area contributed by atoms with E-state index in [4.69, 9.17) is 9.47 Å². The number of ether oxygens (including phenoxy) is 2. The van der Waals surface area contributed by atoms with Crippen LogP contribution in [0.2, 0.25) is 0 Å². The number of carbonyl (C=O) groups excluding carboxylic acids is 1. The summed E-state index contributed by atoms with van der Waals surface area (Å²) in [7, 11) is 0. The van der Waals surface area contributed by atoms with E-state index >= 15 is 0 Å². The van der Waals surface area contributed by atoms with Crippen molar-refractivity contribution in [3.63, 3.8) is 0 Å². The van der Waals surface area contributed by atoms with Crippen molar-refractivity contribution >= 4 is 17.1 Å². The molecular weight excluding hydrogens is 342 g/mol. The van der Waals surface area contributed by atoms with Crippen LogP contribution in [-0.4, -0.2) is 28.3 Å². The zero-order chi connectivity index (χ0) is 19.3. The van der Waals surface area contributed by atoms with Crippen molar-refractivity contribution in [2.45, 2.75) is 38.8 Å². The number of alkyl carbamates (subject to hydrolysis) is 1. The molecule has 1 unspecified atom stereocenters.